The van der Waals surface area contributed by atoms with Crippen molar-refractivity contribution in [2.75, 3.05) is 11.1 Å². The molecular formula is C26H28ClN5O2S. The summed E-state index contributed by atoms with van der Waals surface area (Å²) < 4.78 is 1.82. The molecule has 0 bridgehead atoms. The fourth-order valence-electron chi connectivity index (χ4n) is 3.15. The highest BCUT2D eigenvalue weighted by Gasteiger charge is 2.14. The minimum Gasteiger partial charge on any atom is -0.345 e. The molecule has 0 aliphatic carbocycles. The summed E-state index contributed by atoms with van der Waals surface area (Å²) in [6.45, 7) is 8.66. The second-order valence-corrected chi connectivity index (χ2v) is 9.33. The molecule has 9 heteroatoms. The molecular weight excluding hydrogens is 482 g/mol. The van der Waals surface area contributed by atoms with Gasteiger partial charge in [0.05, 0.1) is 12.3 Å². The maximum Gasteiger partial charge on any atom is 0.244 e. The lowest BCUT2D eigenvalue weighted by molar-refractivity contribution is -0.116. The maximum absolute atomic E-state index is 12.4. The summed E-state index contributed by atoms with van der Waals surface area (Å²) in [4.78, 5) is 24.7. The van der Waals surface area contributed by atoms with E-state index in [0.717, 1.165) is 11.3 Å². The van der Waals surface area contributed by atoms with Gasteiger partial charge in [0, 0.05) is 23.3 Å². The summed E-state index contributed by atoms with van der Waals surface area (Å²) in [5.41, 5.74) is 2.72. The summed E-state index contributed by atoms with van der Waals surface area (Å²) in [6, 6.07) is 15.1. The summed E-state index contributed by atoms with van der Waals surface area (Å²) in [6.07, 6.45) is 4.79. The van der Waals surface area contributed by atoms with Gasteiger partial charge in [-0.25, -0.2) is 0 Å². The Balaban J connectivity index is 1.55. The van der Waals surface area contributed by atoms with E-state index in [4.69, 9.17) is 11.6 Å². The van der Waals surface area contributed by atoms with Crippen molar-refractivity contribution in [3.05, 3.63) is 89.2 Å². The van der Waals surface area contributed by atoms with Crippen LogP contribution < -0.4 is 10.6 Å². The van der Waals surface area contributed by atoms with Gasteiger partial charge in [0.2, 0.25) is 11.8 Å². The van der Waals surface area contributed by atoms with Crippen LogP contribution in [0.2, 0.25) is 5.02 Å². The van der Waals surface area contributed by atoms with Gasteiger partial charge >= 0.3 is 0 Å². The number of allylic oxidation sites excluding steroid dienone is 1. The second-order valence-electron chi connectivity index (χ2n) is 7.98. The number of benzene rings is 2. The Morgan fingerprint density at radius 3 is 2.57 bits per heavy atom. The highest BCUT2D eigenvalue weighted by atomic mass is 35.5. The molecule has 2 N–H and O–H groups in total. The molecule has 35 heavy (non-hydrogen) atoms. The van der Waals surface area contributed by atoms with E-state index in [2.05, 4.69) is 41.3 Å². The average molecular weight is 510 g/mol. The fraction of sp³-hybridized carbons (Fsp3) is 0.231. The van der Waals surface area contributed by atoms with Crippen LogP contribution in [0.25, 0.3) is 6.08 Å². The van der Waals surface area contributed by atoms with Gasteiger partial charge in [-0.05, 0) is 41.3 Å². The number of carbonyl (C=O) groups excluding carboxylic acids is 2. The van der Waals surface area contributed by atoms with Crippen LogP contribution in [0.3, 0.4) is 0 Å². The summed E-state index contributed by atoms with van der Waals surface area (Å²) in [7, 11) is 0. The standard InChI is InChI=1S/C26H28ClN5O2S/c1-4-15-32-23(16-28-24(33)14-11-20-7-5-6-8-22(20)27)30-31-26(32)35-17-25(34)29-21-12-9-19(10-13-21)18(2)3/h4-14,18H,1,15-17H2,2-3H3,(H,28,33)(H,29,34)/b14-11+. The quantitative estimate of drug-likeness (QED) is 0.208. The third-order valence-corrected chi connectivity index (χ3v) is 6.35. The lowest BCUT2D eigenvalue weighted by Crippen LogP contribution is -2.23. The van der Waals surface area contributed by atoms with Crippen LogP contribution in [0.15, 0.2) is 72.4 Å². The third kappa shape index (κ3) is 7.83. The van der Waals surface area contributed by atoms with Crippen molar-refractivity contribution in [1.82, 2.24) is 20.1 Å². The smallest absolute Gasteiger partial charge is 0.244 e. The Hall–Kier alpha value is -3.36. The number of carbonyl (C=O) groups is 2. The van der Waals surface area contributed by atoms with Gasteiger partial charge in [-0.15, -0.1) is 16.8 Å². The van der Waals surface area contributed by atoms with E-state index in [1.54, 1.807) is 18.2 Å². The zero-order chi connectivity index (χ0) is 25.2. The van der Waals surface area contributed by atoms with Crippen molar-refractivity contribution in [1.29, 1.82) is 0 Å². The van der Waals surface area contributed by atoms with Crippen LogP contribution in [0, 0.1) is 0 Å². The van der Waals surface area contributed by atoms with Gasteiger partial charge in [0.15, 0.2) is 11.0 Å². The highest BCUT2D eigenvalue weighted by molar-refractivity contribution is 7.99. The summed E-state index contributed by atoms with van der Waals surface area (Å²) >= 11 is 7.38. The molecule has 3 rings (SSSR count). The monoisotopic (exact) mass is 509 g/mol. The molecule has 0 radical (unpaired) electrons. The van der Waals surface area contributed by atoms with Crippen molar-refractivity contribution < 1.29 is 9.59 Å². The van der Waals surface area contributed by atoms with Crippen molar-refractivity contribution in [3.8, 4) is 0 Å². The van der Waals surface area contributed by atoms with E-state index in [-0.39, 0.29) is 24.1 Å². The van der Waals surface area contributed by atoms with E-state index >= 15 is 0 Å². The zero-order valence-corrected chi connectivity index (χ0v) is 21.3. The Morgan fingerprint density at radius 1 is 1.14 bits per heavy atom. The Morgan fingerprint density at radius 2 is 1.89 bits per heavy atom. The number of rotatable bonds is 11. The van der Waals surface area contributed by atoms with Crippen LogP contribution in [-0.4, -0.2) is 32.3 Å². The van der Waals surface area contributed by atoms with Crippen LogP contribution in [-0.2, 0) is 22.7 Å². The Kier molecular flexibility index (Phi) is 9.69. The molecule has 2 aromatic carbocycles. The first-order chi connectivity index (χ1) is 16.9. The third-order valence-electron chi connectivity index (χ3n) is 5.04. The molecule has 0 aliphatic heterocycles. The molecule has 0 unspecified atom stereocenters. The van der Waals surface area contributed by atoms with E-state index in [0.29, 0.717) is 28.5 Å². The van der Waals surface area contributed by atoms with Crippen molar-refractivity contribution in [3.63, 3.8) is 0 Å². The van der Waals surface area contributed by atoms with Gasteiger partial charge in [0.1, 0.15) is 0 Å². The minimum atomic E-state index is -0.282. The van der Waals surface area contributed by atoms with Crippen LogP contribution in [0.1, 0.15) is 36.7 Å². The van der Waals surface area contributed by atoms with Gasteiger partial charge < -0.3 is 15.2 Å². The molecule has 0 saturated heterocycles. The van der Waals surface area contributed by atoms with Gasteiger partial charge in [-0.2, -0.15) is 0 Å². The molecule has 0 saturated carbocycles. The van der Waals surface area contributed by atoms with Crippen molar-refractivity contribution in [2.45, 2.75) is 38.0 Å². The Labute approximate surface area is 214 Å². The summed E-state index contributed by atoms with van der Waals surface area (Å²) in [5, 5.41) is 15.2. The summed E-state index contributed by atoms with van der Waals surface area (Å²) in [5.74, 6) is 0.754. The molecule has 1 heterocycles. The lowest BCUT2D eigenvalue weighted by Gasteiger charge is -2.09. The van der Waals surface area contributed by atoms with Crippen LogP contribution in [0.5, 0.6) is 0 Å². The van der Waals surface area contributed by atoms with Crippen molar-refractivity contribution in [2.24, 2.45) is 0 Å². The molecule has 182 valence electrons. The largest absolute Gasteiger partial charge is 0.345 e. The lowest BCUT2D eigenvalue weighted by atomic mass is 10.0. The van der Waals surface area contributed by atoms with Gasteiger partial charge in [0.25, 0.3) is 0 Å². The Bertz CT molecular complexity index is 1200. The molecule has 3 aromatic rings. The first kappa shape index (κ1) is 26.2. The molecule has 7 nitrogen and oxygen atoms in total. The van der Waals surface area contributed by atoms with Crippen LogP contribution in [0.4, 0.5) is 5.69 Å². The normalized spacial score (nSPS) is 11.1. The second kappa shape index (κ2) is 12.9. The number of hydrogen-bond donors (Lipinski definition) is 2. The maximum atomic E-state index is 12.4. The highest BCUT2D eigenvalue weighted by Crippen LogP contribution is 2.20. The number of halogens is 1. The van der Waals surface area contributed by atoms with E-state index in [1.165, 1.54) is 23.4 Å². The SMILES string of the molecule is C=CCn1c(CNC(=O)/C=C/c2ccccc2Cl)nnc1SCC(=O)Nc1ccc(C(C)C)cc1. The van der Waals surface area contributed by atoms with Crippen LogP contribution >= 0.6 is 23.4 Å². The first-order valence-electron chi connectivity index (χ1n) is 11.1. The number of amides is 2. The molecule has 1 aromatic heterocycles. The predicted octanol–water partition coefficient (Wildman–Crippen LogP) is 5.30. The van der Waals surface area contributed by atoms with E-state index in [9.17, 15) is 9.59 Å². The van der Waals surface area contributed by atoms with E-state index in [1.807, 2.05) is 47.0 Å². The molecule has 0 fully saturated rings. The van der Waals surface area contributed by atoms with Gasteiger partial charge in [-0.1, -0.05) is 73.6 Å². The molecule has 0 atom stereocenters. The van der Waals surface area contributed by atoms with E-state index < -0.39 is 0 Å². The average Bonchev–Trinajstić information content (AvgIpc) is 3.23. The fourth-order valence-corrected chi connectivity index (χ4v) is 4.11. The molecule has 0 spiro atoms. The topological polar surface area (TPSA) is 88.9 Å². The minimum absolute atomic E-state index is 0.139. The number of nitrogens with one attached hydrogen (secondary N) is 2. The molecule has 2 amide bonds. The van der Waals surface area contributed by atoms with Gasteiger partial charge in [-0.3, -0.25) is 9.59 Å². The number of nitrogens with zero attached hydrogens (tertiary/aromatic N) is 3. The zero-order valence-electron chi connectivity index (χ0n) is 19.7. The number of hydrogen-bond acceptors (Lipinski definition) is 5. The van der Waals surface area contributed by atoms with Crippen molar-refractivity contribution >= 4 is 46.9 Å². The molecule has 0 aliphatic rings. The first-order valence-corrected chi connectivity index (χ1v) is 12.5. The number of thioether (sulfide) groups is 1. The number of aromatic nitrogens is 3. The predicted molar refractivity (Wildman–Crippen MR) is 142 cm³/mol. The number of anilines is 1.